The first kappa shape index (κ1) is 18.5. The van der Waals surface area contributed by atoms with Crippen molar-refractivity contribution in [3.05, 3.63) is 42.0 Å². The van der Waals surface area contributed by atoms with Gasteiger partial charge in [-0.1, -0.05) is 42.5 Å². The molecule has 2 atom stereocenters. The Hall–Kier alpha value is -1.89. The van der Waals surface area contributed by atoms with Crippen LogP contribution in [0.15, 0.2) is 36.4 Å². The largest absolute Gasteiger partial charge is 0.442 e. The van der Waals surface area contributed by atoms with Gasteiger partial charge in [0.05, 0.1) is 19.3 Å². The first-order valence-electron chi connectivity index (χ1n) is 10.0. The monoisotopic (exact) mass is 371 g/mol. The fraction of sp³-hybridized carbons (Fsp3) is 0.571. The van der Waals surface area contributed by atoms with Gasteiger partial charge in [-0.2, -0.15) is 0 Å². The lowest BCUT2D eigenvalue weighted by Crippen LogP contribution is -2.41. The number of likely N-dealkylation sites (tertiary alicyclic amines) is 1. The fourth-order valence-electron chi connectivity index (χ4n) is 4.18. The van der Waals surface area contributed by atoms with Gasteiger partial charge in [-0.15, -0.1) is 0 Å². The second-order valence-electron chi connectivity index (χ2n) is 7.52. The summed E-state index contributed by atoms with van der Waals surface area (Å²) in [5, 5.41) is 0. The van der Waals surface area contributed by atoms with Crippen LogP contribution in [0.3, 0.4) is 0 Å². The number of fused-ring (bicyclic) bond motifs is 1. The smallest absolute Gasteiger partial charge is 0.410 e. The molecule has 0 aromatic heterocycles. The van der Waals surface area contributed by atoms with Crippen LogP contribution in [-0.4, -0.2) is 92.0 Å². The summed E-state index contributed by atoms with van der Waals surface area (Å²) in [6.07, 6.45) is 5.23. The third-order valence-electron chi connectivity index (χ3n) is 5.65. The topological polar surface area (TPSA) is 45.2 Å². The molecule has 0 unspecified atom stereocenters. The van der Waals surface area contributed by atoms with E-state index in [1.807, 2.05) is 23.1 Å². The van der Waals surface area contributed by atoms with Crippen LogP contribution >= 0.6 is 0 Å². The summed E-state index contributed by atoms with van der Waals surface area (Å²) in [5.74, 6) is 0. The van der Waals surface area contributed by atoms with E-state index in [0.717, 1.165) is 65.4 Å². The minimum Gasteiger partial charge on any atom is -0.442 e. The average molecular weight is 371 g/mol. The Morgan fingerprint density at radius 2 is 1.85 bits per heavy atom. The highest BCUT2D eigenvalue weighted by Gasteiger charge is 2.46. The van der Waals surface area contributed by atoms with E-state index in [4.69, 9.17) is 9.47 Å². The van der Waals surface area contributed by atoms with E-state index in [9.17, 15) is 4.79 Å². The molecule has 3 fully saturated rings. The molecule has 3 aliphatic rings. The predicted molar refractivity (Wildman–Crippen MR) is 105 cm³/mol. The Kier molecular flexibility index (Phi) is 6.07. The molecular formula is C21H29N3O3. The lowest BCUT2D eigenvalue weighted by atomic mass is 10.2. The Morgan fingerprint density at radius 3 is 2.67 bits per heavy atom. The Balaban J connectivity index is 1.23. The molecule has 0 spiro atoms. The second kappa shape index (κ2) is 8.87. The molecule has 1 aromatic carbocycles. The van der Waals surface area contributed by atoms with E-state index in [-0.39, 0.29) is 18.2 Å². The number of hydrogen-bond acceptors (Lipinski definition) is 5. The summed E-state index contributed by atoms with van der Waals surface area (Å²) in [7, 11) is 0. The third-order valence-corrected chi connectivity index (χ3v) is 5.65. The Bertz CT molecular complexity index is 645. The Labute approximate surface area is 161 Å². The fourth-order valence-corrected chi connectivity index (χ4v) is 4.18. The van der Waals surface area contributed by atoms with Crippen LogP contribution in [0.2, 0.25) is 0 Å². The summed E-state index contributed by atoms with van der Waals surface area (Å²) >= 11 is 0. The van der Waals surface area contributed by atoms with Gasteiger partial charge in [-0.3, -0.25) is 9.80 Å². The molecule has 27 heavy (non-hydrogen) atoms. The highest BCUT2D eigenvalue weighted by molar-refractivity contribution is 5.71. The highest BCUT2D eigenvalue weighted by atomic mass is 16.6. The molecule has 3 saturated heterocycles. The van der Waals surface area contributed by atoms with Gasteiger partial charge in [0.15, 0.2) is 0 Å². The molecule has 3 aliphatic heterocycles. The van der Waals surface area contributed by atoms with Crippen molar-refractivity contribution in [2.75, 3.05) is 59.0 Å². The van der Waals surface area contributed by atoms with Crippen LogP contribution in [-0.2, 0) is 9.47 Å². The van der Waals surface area contributed by atoms with Gasteiger partial charge in [-0.25, -0.2) is 4.79 Å². The highest BCUT2D eigenvalue weighted by Crippen LogP contribution is 2.27. The second-order valence-corrected chi connectivity index (χ2v) is 7.52. The van der Waals surface area contributed by atoms with Crippen LogP contribution in [0.25, 0.3) is 6.08 Å². The maximum atomic E-state index is 12.2. The normalized spacial score (nSPS) is 26.7. The van der Waals surface area contributed by atoms with E-state index >= 15 is 0 Å². The predicted octanol–water partition coefficient (Wildman–Crippen LogP) is 1.93. The summed E-state index contributed by atoms with van der Waals surface area (Å²) in [4.78, 5) is 18.9. The van der Waals surface area contributed by atoms with Crippen molar-refractivity contribution in [1.82, 2.24) is 14.7 Å². The molecule has 6 nitrogen and oxygen atoms in total. The molecule has 3 heterocycles. The zero-order valence-corrected chi connectivity index (χ0v) is 15.8. The Morgan fingerprint density at radius 1 is 1.04 bits per heavy atom. The molecule has 6 heteroatoms. The SMILES string of the molecule is O=C1O[C@@H]2CN(CC=Cc3ccccc3)C[C@@H]2N1CCCN1CCOCC1. The molecule has 0 aliphatic carbocycles. The zero-order chi connectivity index (χ0) is 18.5. The third kappa shape index (κ3) is 4.69. The number of nitrogens with zero attached hydrogens (tertiary/aromatic N) is 3. The number of ether oxygens (including phenoxy) is 2. The lowest BCUT2D eigenvalue weighted by molar-refractivity contribution is 0.0362. The van der Waals surface area contributed by atoms with Crippen molar-refractivity contribution in [2.24, 2.45) is 0 Å². The molecule has 146 valence electrons. The van der Waals surface area contributed by atoms with E-state index in [2.05, 4.69) is 34.1 Å². The van der Waals surface area contributed by atoms with Crippen LogP contribution in [0.1, 0.15) is 12.0 Å². The quantitative estimate of drug-likeness (QED) is 0.733. The number of rotatable bonds is 7. The van der Waals surface area contributed by atoms with Crippen LogP contribution < -0.4 is 0 Å². The van der Waals surface area contributed by atoms with Crippen molar-refractivity contribution >= 4 is 12.2 Å². The van der Waals surface area contributed by atoms with Crippen molar-refractivity contribution in [1.29, 1.82) is 0 Å². The molecule has 1 aromatic rings. The minimum atomic E-state index is -0.133. The number of benzene rings is 1. The van der Waals surface area contributed by atoms with Gasteiger partial charge in [0.25, 0.3) is 0 Å². The molecule has 0 saturated carbocycles. The van der Waals surface area contributed by atoms with Crippen molar-refractivity contribution in [3.8, 4) is 0 Å². The van der Waals surface area contributed by atoms with E-state index in [1.54, 1.807) is 0 Å². The number of morpholine rings is 1. The van der Waals surface area contributed by atoms with Gasteiger partial charge >= 0.3 is 6.09 Å². The lowest BCUT2D eigenvalue weighted by Gasteiger charge is -2.28. The van der Waals surface area contributed by atoms with Gasteiger partial charge in [0.2, 0.25) is 0 Å². The molecule has 0 N–H and O–H groups in total. The van der Waals surface area contributed by atoms with Crippen LogP contribution in [0, 0.1) is 0 Å². The van der Waals surface area contributed by atoms with Crippen molar-refractivity contribution in [2.45, 2.75) is 18.6 Å². The van der Waals surface area contributed by atoms with Gasteiger partial charge in [0.1, 0.15) is 6.10 Å². The van der Waals surface area contributed by atoms with E-state index < -0.39 is 0 Å². The summed E-state index contributed by atoms with van der Waals surface area (Å²) in [5.41, 5.74) is 1.22. The van der Waals surface area contributed by atoms with Crippen LogP contribution in [0.4, 0.5) is 4.79 Å². The number of carbonyl (C=O) groups is 1. The minimum absolute atomic E-state index is 0.0195. The van der Waals surface area contributed by atoms with Crippen molar-refractivity contribution in [3.63, 3.8) is 0 Å². The van der Waals surface area contributed by atoms with Gasteiger partial charge in [-0.05, 0) is 12.0 Å². The molecule has 4 rings (SSSR count). The van der Waals surface area contributed by atoms with Crippen LogP contribution in [0.5, 0.6) is 0 Å². The van der Waals surface area contributed by atoms with Gasteiger partial charge in [0, 0.05) is 45.8 Å². The molecule has 0 radical (unpaired) electrons. The first-order valence-corrected chi connectivity index (χ1v) is 10.0. The first-order chi connectivity index (χ1) is 13.3. The average Bonchev–Trinajstić information content (AvgIpc) is 3.21. The molecule has 0 bridgehead atoms. The van der Waals surface area contributed by atoms with Gasteiger partial charge < -0.3 is 14.4 Å². The zero-order valence-electron chi connectivity index (χ0n) is 15.8. The number of hydrogen-bond donors (Lipinski definition) is 0. The maximum Gasteiger partial charge on any atom is 0.410 e. The van der Waals surface area contributed by atoms with Crippen molar-refractivity contribution < 1.29 is 14.3 Å². The van der Waals surface area contributed by atoms with E-state index in [1.165, 1.54) is 5.56 Å². The summed E-state index contributed by atoms with van der Waals surface area (Å²) in [6, 6.07) is 10.5. The number of amides is 1. The summed E-state index contributed by atoms with van der Waals surface area (Å²) in [6.45, 7) is 8.06. The molecule has 1 amide bonds. The molecular weight excluding hydrogens is 342 g/mol. The standard InChI is InChI=1S/C21H29N3O3/c25-21-24(11-5-10-22-12-14-26-15-13-22)19-16-23(17-20(19)27-21)9-4-8-18-6-2-1-3-7-18/h1-4,6-8,19-20H,5,9-17H2/t19-,20+/m0/s1. The van der Waals surface area contributed by atoms with E-state index in [0.29, 0.717) is 0 Å². The number of carbonyl (C=O) groups excluding carboxylic acids is 1. The maximum absolute atomic E-state index is 12.2. The summed E-state index contributed by atoms with van der Waals surface area (Å²) < 4.78 is 11.0.